The van der Waals surface area contributed by atoms with Gasteiger partial charge in [-0.3, -0.25) is 9.59 Å². The van der Waals surface area contributed by atoms with Gasteiger partial charge in [0, 0.05) is 33.3 Å². The number of dihydropyridines is 1. The van der Waals surface area contributed by atoms with Crippen molar-refractivity contribution in [2.45, 2.75) is 51.9 Å². The molecule has 4 rings (SSSR count). The zero-order valence-electron chi connectivity index (χ0n) is 23.0. The summed E-state index contributed by atoms with van der Waals surface area (Å²) in [4.78, 5) is 42.3. The Hall–Kier alpha value is -3.59. The van der Waals surface area contributed by atoms with E-state index in [4.69, 9.17) is 18.9 Å². The van der Waals surface area contributed by atoms with Crippen LogP contribution < -0.4 is 14.8 Å². The molecule has 0 saturated carbocycles. The van der Waals surface area contributed by atoms with Crippen LogP contribution in [0.15, 0.2) is 58.3 Å². The summed E-state index contributed by atoms with van der Waals surface area (Å²) in [6, 6.07) is 9.15. The van der Waals surface area contributed by atoms with Gasteiger partial charge in [-0.15, -0.1) is 11.3 Å². The highest BCUT2D eigenvalue weighted by Crippen LogP contribution is 2.51. The van der Waals surface area contributed by atoms with E-state index in [1.165, 1.54) is 11.3 Å². The number of nitrogens with one attached hydrogen (secondary N) is 1. The van der Waals surface area contributed by atoms with Gasteiger partial charge in [-0.2, -0.15) is 0 Å². The van der Waals surface area contributed by atoms with E-state index in [-0.39, 0.29) is 24.9 Å². The second-order valence-corrected chi connectivity index (χ2v) is 10.3. The zero-order valence-corrected chi connectivity index (χ0v) is 23.8. The summed E-state index contributed by atoms with van der Waals surface area (Å²) in [5.74, 6) is -2.66. The van der Waals surface area contributed by atoms with Crippen LogP contribution in [-0.4, -0.2) is 45.2 Å². The molecule has 8 nitrogen and oxygen atoms in total. The predicted molar refractivity (Wildman–Crippen MR) is 148 cm³/mol. The number of Topliss-reactive ketones (excluding diaryl/α,β-unsaturated/α-hetero) is 1. The summed E-state index contributed by atoms with van der Waals surface area (Å²) >= 11 is 1.51. The van der Waals surface area contributed by atoms with E-state index in [1.54, 1.807) is 46.3 Å². The van der Waals surface area contributed by atoms with E-state index < -0.39 is 23.8 Å². The minimum atomic E-state index is -1.04. The summed E-state index contributed by atoms with van der Waals surface area (Å²) in [6.45, 7) is 5.83. The molecule has 0 saturated heterocycles. The van der Waals surface area contributed by atoms with Crippen molar-refractivity contribution >= 4 is 29.1 Å². The fourth-order valence-electron chi connectivity index (χ4n) is 5.49. The van der Waals surface area contributed by atoms with Crippen LogP contribution in [0.5, 0.6) is 11.5 Å². The van der Waals surface area contributed by atoms with Gasteiger partial charge < -0.3 is 24.3 Å². The highest BCUT2D eigenvalue weighted by Gasteiger charge is 2.50. The molecule has 0 bridgehead atoms. The van der Waals surface area contributed by atoms with E-state index in [0.29, 0.717) is 52.4 Å². The highest BCUT2D eigenvalue weighted by atomic mass is 32.1. The summed E-state index contributed by atoms with van der Waals surface area (Å²) in [5, 5.41) is 5.38. The zero-order chi connectivity index (χ0) is 28.1. The largest absolute Gasteiger partial charge is 0.497 e. The van der Waals surface area contributed by atoms with Crippen molar-refractivity contribution in [2.75, 3.05) is 27.4 Å². The molecule has 2 heterocycles. The third-order valence-electron chi connectivity index (χ3n) is 7.10. The lowest BCUT2D eigenvalue weighted by Crippen LogP contribution is -2.43. The first kappa shape index (κ1) is 28.4. The molecule has 9 heteroatoms. The van der Waals surface area contributed by atoms with Crippen LogP contribution in [0.1, 0.15) is 62.3 Å². The van der Waals surface area contributed by atoms with Crippen molar-refractivity contribution in [3.8, 4) is 11.5 Å². The Morgan fingerprint density at radius 1 is 1.05 bits per heavy atom. The Balaban J connectivity index is 1.99. The molecule has 3 atom stereocenters. The maximum atomic E-state index is 14.5. The fraction of sp³-hybridized carbons (Fsp3) is 0.433. The molecule has 1 aliphatic heterocycles. The van der Waals surface area contributed by atoms with E-state index in [9.17, 15) is 14.4 Å². The number of ketones is 1. The number of ether oxygens (including phenoxy) is 4. The Bertz CT molecular complexity index is 1290. The Kier molecular flexibility index (Phi) is 9.12. The van der Waals surface area contributed by atoms with Crippen LogP contribution in [0.4, 0.5) is 0 Å². The Labute approximate surface area is 233 Å². The first-order chi connectivity index (χ1) is 18.9. The molecule has 208 valence electrons. The smallest absolute Gasteiger partial charge is 0.336 e. The molecule has 0 radical (unpaired) electrons. The molecule has 0 spiro atoms. The first-order valence-electron chi connectivity index (χ1n) is 13.3. The van der Waals surface area contributed by atoms with Crippen LogP contribution >= 0.6 is 11.3 Å². The second-order valence-electron chi connectivity index (χ2n) is 9.34. The van der Waals surface area contributed by atoms with Gasteiger partial charge in [-0.1, -0.05) is 19.4 Å². The number of benzene rings is 1. The van der Waals surface area contributed by atoms with Crippen molar-refractivity contribution in [3.05, 3.63) is 68.7 Å². The molecule has 0 amide bonds. The number of carbonyl (C=O) groups is 3. The van der Waals surface area contributed by atoms with Gasteiger partial charge in [0.25, 0.3) is 0 Å². The number of rotatable bonds is 10. The normalized spacial score (nSPS) is 20.7. The molecule has 1 aromatic heterocycles. The molecule has 1 aromatic carbocycles. The molecule has 0 fully saturated rings. The minimum Gasteiger partial charge on any atom is -0.497 e. The van der Waals surface area contributed by atoms with Crippen molar-refractivity contribution in [3.63, 3.8) is 0 Å². The van der Waals surface area contributed by atoms with Crippen molar-refractivity contribution in [1.82, 2.24) is 5.32 Å². The average molecular weight is 554 g/mol. The molecule has 0 unspecified atom stereocenters. The van der Waals surface area contributed by atoms with Crippen LogP contribution in [0.2, 0.25) is 0 Å². The first-order valence-corrected chi connectivity index (χ1v) is 14.1. The van der Waals surface area contributed by atoms with Gasteiger partial charge in [-0.05, 0) is 56.3 Å². The summed E-state index contributed by atoms with van der Waals surface area (Å²) < 4.78 is 22.1. The van der Waals surface area contributed by atoms with E-state index in [1.807, 2.05) is 24.4 Å². The SMILES string of the molecule is CCCC1=C(C(=O)OCC)[C@H](c2cc(OC)ccc2OC)C2=C(C[C@@H](c3cccs3)[C@@H](C(=O)OCC)C2=O)N1. The number of esters is 2. The standard InChI is InChI=1S/C30H35NO7S/c1-6-10-20-27(30(34)38-8-3)24(18-15-17(35-4)12-13-22(18)36-5)26-21(31-20)16-19(23-11-9-14-39-23)25(28(26)32)29(33)37-7-2/h9,11-15,19,24-25,31H,6-8,10,16H2,1-5H3/t19-,24+,25+/m0/s1. The number of methoxy groups -OCH3 is 2. The van der Waals surface area contributed by atoms with Gasteiger partial charge >= 0.3 is 11.9 Å². The lowest BCUT2D eigenvalue weighted by Gasteiger charge is -2.40. The van der Waals surface area contributed by atoms with Crippen LogP contribution in [0.3, 0.4) is 0 Å². The number of carbonyl (C=O) groups excluding carboxylic acids is 3. The molecule has 2 aromatic rings. The maximum Gasteiger partial charge on any atom is 0.336 e. The minimum absolute atomic E-state index is 0.158. The Morgan fingerprint density at radius 3 is 2.44 bits per heavy atom. The van der Waals surface area contributed by atoms with Gasteiger partial charge in [0.05, 0.1) is 38.9 Å². The number of allylic oxidation sites excluding steroid dienone is 3. The number of hydrogen-bond donors (Lipinski definition) is 1. The van der Waals surface area contributed by atoms with Crippen molar-refractivity contribution in [2.24, 2.45) is 5.92 Å². The summed E-state index contributed by atoms with van der Waals surface area (Å²) in [7, 11) is 3.09. The van der Waals surface area contributed by atoms with Crippen molar-refractivity contribution < 1.29 is 33.3 Å². The summed E-state index contributed by atoms with van der Waals surface area (Å²) in [6.07, 6.45) is 1.76. The topological polar surface area (TPSA) is 100 Å². The fourth-order valence-corrected chi connectivity index (χ4v) is 6.36. The van der Waals surface area contributed by atoms with E-state index in [2.05, 4.69) is 5.32 Å². The third-order valence-corrected chi connectivity index (χ3v) is 8.10. The Morgan fingerprint density at radius 2 is 1.82 bits per heavy atom. The van der Waals surface area contributed by atoms with Gasteiger partial charge in [-0.25, -0.2) is 4.79 Å². The predicted octanol–water partition coefficient (Wildman–Crippen LogP) is 5.26. The van der Waals surface area contributed by atoms with Gasteiger partial charge in [0.1, 0.15) is 17.4 Å². The number of thiophene rings is 1. The van der Waals surface area contributed by atoms with Gasteiger partial charge in [0.2, 0.25) is 0 Å². The molecule has 39 heavy (non-hydrogen) atoms. The third kappa shape index (κ3) is 5.45. The molecule has 2 aliphatic rings. The lowest BCUT2D eigenvalue weighted by molar-refractivity contribution is -0.152. The second kappa shape index (κ2) is 12.5. The van der Waals surface area contributed by atoms with Crippen LogP contribution in [-0.2, 0) is 23.9 Å². The molecule has 1 aliphatic carbocycles. The quantitative estimate of drug-likeness (QED) is 0.314. The van der Waals surface area contributed by atoms with Crippen molar-refractivity contribution in [1.29, 1.82) is 0 Å². The monoisotopic (exact) mass is 553 g/mol. The van der Waals surface area contributed by atoms with E-state index >= 15 is 0 Å². The molecular weight excluding hydrogens is 518 g/mol. The molecular formula is C30H35NO7S. The van der Waals surface area contributed by atoms with Gasteiger partial charge in [0.15, 0.2) is 5.78 Å². The summed E-state index contributed by atoms with van der Waals surface area (Å²) in [5.41, 5.74) is 2.69. The van der Waals surface area contributed by atoms with Crippen LogP contribution in [0.25, 0.3) is 0 Å². The average Bonchev–Trinajstić information content (AvgIpc) is 3.47. The maximum absolute atomic E-state index is 14.5. The molecule has 1 N–H and O–H groups in total. The highest BCUT2D eigenvalue weighted by molar-refractivity contribution is 7.10. The van der Waals surface area contributed by atoms with E-state index in [0.717, 1.165) is 11.3 Å². The number of hydrogen-bond acceptors (Lipinski definition) is 9. The lowest BCUT2D eigenvalue weighted by atomic mass is 9.68. The van der Waals surface area contributed by atoms with Crippen LogP contribution in [0, 0.1) is 5.92 Å².